The highest BCUT2D eigenvalue weighted by atomic mass is 19.1. The van der Waals surface area contributed by atoms with E-state index < -0.39 is 0 Å². The van der Waals surface area contributed by atoms with Crippen LogP contribution in [0, 0.1) is 18.2 Å². The van der Waals surface area contributed by atoms with E-state index in [-0.39, 0.29) is 11.2 Å². The number of halogens is 1. The van der Waals surface area contributed by atoms with Crippen molar-refractivity contribution in [1.29, 1.82) is 0 Å². The summed E-state index contributed by atoms with van der Waals surface area (Å²) in [6.45, 7) is 12.6. The normalized spacial score (nSPS) is 11.6. The predicted molar refractivity (Wildman–Crippen MR) is 157 cm³/mol. The Labute approximate surface area is 228 Å². The molecular weight excluding hydrogens is 489 g/mol. The van der Waals surface area contributed by atoms with Gasteiger partial charge < -0.3 is 20.2 Å². The Morgan fingerprint density at radius 1 is 1.13 bits per heavy atom. The second kappa shape index (κ2) is 10.4. The smallest absolute Gasteiger partial charge is 0.139 e. The van der Waals surface area contributed by atoms with Gasteiger partial charge in [0.05, 0.1) is 29.6 Å². The number of hydrogen-bond acceptors (Lipinski definition) is 5. The van der Waals surface area contributed by atoms with E-state index in [9.17, 15) is 0 Å². The maximum absolute atomic E-state index is 15.3. The molecule has 0 aliphatic carbocycles. The average Bonchev–Trinajstić information content (AvgIpc) is 3.49. The third-order valence-corrected chi connectivity index (χ3v) is 6.51. The summed E-state index contributed by atoms with van der Waals surface area (Å²) in [5.41, 5.74) is 8.37. The summed E-state index contributed by atoms with van der Waals surface area (Å²) in [6, 6.07) is 9.42. The summed E-state index contributed by atoms with van der Waals surface area (Å²) in [5, 5.41) is 7.47. The molecule has 0 fully saturated rings. The Balaban J connectivity index is 1.47. The average molecular weight is 524 g/mol. The van der Waals surface area contributed by atoms with Crippen LogP contribution in [-0.2, 0) is 6.42 Å². The Morgan fingerprint density at radius 2 is 1.95 bits per heavy atom. The Bertz CT molecular complexity index is 1660. The number of allylic oxidation sites excluding steroid dienone is 1. The van der Waals surface area contributed by atoms with Crippen molar-refractivity contribution >= 4 is 22.4 Å². The molecule has 5 aromatic rings. The standard InChI is InChI=1S/C31H34FN7/c1-19(14-31(3,4)5)37-24-10-22(15-34-16-24)25-11-21(28(33-6)13-27(25)32)9-23-12-26-29(7-8-35-30(26)38-23)39-17-20(2)36-18-39/h7-8,10-13,15-18,33,37H,1,9,14H2,2-6H3,(H,35,38). The largest absolute Gasteiger partial charge is 0.388 e. The monoisotopic (exact) mass is 523 g/mol. The van der Waals surface area contributed by atoms with Gasteiger partial charge in [0, 0.05) is 65.7 Å². The number of aryl methyl sites for hydroxylation is 1. The lowest BCUT2D eigenvalue weighted by molar-refractivity contribution is 0.411. The number of nitrogens with one attached hydrogen (secondary N) is 3. The topological polar surface area (TPSA) is 83.5 Å². The first-order chi connectivity index (χ1) is 18.6. The van der Waals surface area contributed by atoms with Crippen molar-refractivity contribution in [2.45, 2.75) is 40.5 Å². The van der Waals surface area contributed by atoms with Gasteiger partial charge in [0.1, 0.15) is 11.5 Å². The number of anilines is 2. The molecule has 8 heteroatoms. The number of rotatable bonds is 8. The minimum absolute atomic E-state index is 0.107. The van der Waals surface area contributed by atoms with E-state index in [1.807, 2.05) is 35.9 Å². The number of aromatic amines is 1. The number of imidazole rings is 1. The van der Waals surface area contributed by atoms with E-state index in [1.54, 1.807) is 38.0 Å². The van der Waals surface area contributed by atoms with Crippen LogP contribution in [0.5, 0.6) is 0 Å². The molecule has 1 aromatic carbocycles. The molecule has 0 spiro atoms. The van der Waals surface area contributed by atoms with Gasteiger partial charge in [0.25, 0.3) is 0 Å². The van der Waals surface area contributed by atoms with Crippen LogP contribution >= 0.6 is 0 Å². The lowest BCUT2D eigenvalue weighted by Gasteiger charge is -2.20. The quantitative estimate of drug-likeness (QED) is 0.199. The van der Waals surface area contributed by atoms with Crippen molar-refractivity contribution < 1.29 is 4.39 Å². The van der Waals surface area contributed by atoms with Gasteiger partial charge in [-0.15, -0.1) is 0 Å². The third kappa shape index (κ3) is 5.85. The van der Waals surface area contributed by atoms with Crippen LogP contribution in [0.2, 0.25) is 0 Å². The Hall–Kier alpha value is -4.46. The first-order valence-electron chi connectivity index (χ1n) is 13.0. The lowest BCUT2D eigenvalue weighted by atomic mass is 9.91. The highest BCUT2D eigenvalue weighted by Crippen LogP contribution is 2.32. The molecule has 39 heavy (non-hydrogen) atoms. The molecule has 0 saturated heterocycles. The van der Waals surface area contributed by atoms with E-state index >= 15 is 4.39 Å². The number of fused-ring (bicyclic) bond motifs is 1. The fourth-order valence-corrected chi connectivity index (χ4v) is 4.91. The predicted octanol–water partition coefficient (Wildman–Crippen LogP) is 7.25. The van der Waals surface area contributed by atoms with Crippen molar-refractivity contribution in [2.75, 3.05) is 17.7 Å². The number of benzene rings is 1. The molecule has 0 radical (unpaired) electrons. The summed E-state index contributed by atoms with van der Waals surface area (Å²) < 4.78 is 17.3. The van der Waals surface area contributed by atoms with Crippen molar-refractivity contribution in [3.8, 4) is 16.8 Å². The molecule has 3 N–H and O–H groups in total. The maximum atomic E-state index is 15.3. The molecule has 5 rings (SSSR count). The Morgan fingerprint density at radius 3 is 2.67 bits per heavy atom. The highest BCUT2D eigenvalue weighted by molar-refractivity contribution is 5.86. The summed E-state index contributed by atoms with van der Waals surface area (Å²) in [6.07, 6.45) is 10.4. The van der Waals surface area contributed by atoms with Gasteiger partial charge >= 0.3 is 0 Å². The lowest BCUT2D eigenvalue weighted by Crippen LogP contribution is -2.10. The molecule has 0 aliphatic rings. The van der Waals surface area contributed by atoms with Crippen molar-refractivity contribution in [2.24, 2.45) is 5.41 Å². The van der Waals surface area contributed by atoms with Crippen LogP contribution in [0.25, 0.3) is 27.8 Å². The molecule has 0 bridgehead atoms. The molecule has 0 amide bonds. The number of H-pyrrole nitrogens is 1. The Kier molecular flexibility index (Phi) is 6.95. The minimum atomic E-state index is -0.313. The third-order valence-electron chi connectivity index (χ3n) is 6.51. The molecular formula is C31H34FN7. The van der Waals surface area contributed by atoms with Crippen LogP contribution < -0.4 is 10.6 Å². The van der Waals surface area contributed by atoms with Crippen LogP contribution in [0.1, 0.15) is 44.1 Å². The fourth-order valence-electron chi connectivity index (χ4n) is 4.91. The van der Waals surface area contributed by atoms with Gasteiger partial charge in [-0.1, -0.05) is 27.4 Å². The van der Waals surface area contributed by atoms with E-state index in [2.05, 4.69) is 64.0 Å². The highest BCUT2D eigenvalue weighted by Gasteiger charge is 2.16. The SMILES string of the molecule is C=C(CC(C)(C)C)Nc1cncc(-c2cc(Cc3cc4c(-n5cnc(C)c5)ccnc4[nH]3)c(NC)cc2F)c1. The zero-order chi connectivity index (χ0) is 27.7. The zero-order valence-electron chi connectivity index (χ0n) is 23.1. The number of nitrogens with zero attached hydrogens (tertiary/aromatic N) is 4. The number of aromatic nitrogens is 5. The van der Waals surface area contributed by atoms with E-state index in [1.165, 1.54) is 0 Å². The molecule has 7 nitrogen and oxygen atoms in total. The summed E-state index contributed by atoms with van der Waals surface area (Å²) in [7, 11) is 1.80. The molecule has 0 saturated carbocycles. The van der Waals surface area contributed by atoms with E-state index in [4.69, 9.17) is 0 Å². The summed E-state index contributed by atoms with van der Waals surface area (Å²) in [5.74, 6) is -0.313. The molecule has 200 valence electrons. The zero-order valence-corrected chi connectivity index (χ0v) is 23.1. The summed E-state index contributed by atoms with van der Waals surface area (Å²) in [4.78, 5) is 16.7. The van der Waals surface area contributed by atoms with Gasteiger partial charge in [-0.25, -0.2) is 14.4 Å². The van der Waals surface area contributed by atoms with Gasteiger partial charge in [-0.3, -0.25) is 4.98 Å². The fraction of sp³-hybridized carbons (Fsp3) is 0.258. The minimum Gasteiger partial charge on any atom is -0.388 e. The van der Waals surface area contributed by atoms with Crippen LogP contribution in [0.4, 0.5) is 15.8 Å². The molecule has 4 heterocycles. The van der Waals surface area contributed by atoms with Crippen LogP contribution in [0.15, 0.2) is 73.7 Å². The number of pyridine rings is 2. The van der Waals surface area contributed by atoms with Gasteiger partial charge in [-0.05, 0) is 54.7 Å². The molecule has 0 aliphatic heterocycles. The second-order valence-electron chi connectivity index (χ2n) is 11.2. The molecule has 4 aromatic heterocycles. The van der Waals surface area contributed by atoms with Gasteiger partial charge in [0.2, 0.25) is 0 Å². The van der Waals surface area contributed by atoms with Gasteiger partial charge in [0.15, 0.2) is 0 Å². The van der Waals surface area contributed by atoms with E-state index in [0.717, 1.165) is 57.2 Å². The molecule has 0 atom stereocenters. The molecule has 0 unspecified atom stereocenters. The first kappa shape index (κ1) is 26.2. The summed E-state index contributed by atoms with van der Waals surface area (Å²) >= 11 is 0. The first-order valence-corrected chi connectivity index (χ1v) is 13.0. The van der Waals surface area contributed by atoms with Crippen molar-refractivity contribution in [3.05, 3.63) is 96.5 Å². The van der Waals surface area contributed by atoms with Gasteiger partial charge in [-0.2, -0.15) is 0 Å². The van der Waals surface area contributed by atoms with Crippen molar-refractivity contribution in [1.82, 2.24) is 24.5 Å². The number of hydrogen-bond donors (Lipinski definition) is 3. The van der Waals surface area contributed by atoms with Crippen LogP contribution in [0.3, 0.4) is 0 Å². The van der Waals surface area contributed by atoms with Crippen LogP contribution in [-0.4, -0.2) is 31.6 Å². The van der Waals surface area contributed by atoms with E-state index in [0.29, 0.717) is 17.5 Å². The second-order valence-corrected chi connectivity index (χ2v) is 11.2. The maximum Gasteiger partial charge on any atom is 0.139 e. The van der Waals surface area contributed by atoms with Crippen molar-refractivity contribution in [3.63, 3.8) is 0 Å².